The van der Waals surface area contributed by atoms with Gasteiger partial charge in [-0.15, -0.1) is 0 Å². The summed E-state index contributed by atoms with van der Waals surface area (Å²) in [5, 5.41) is 3.46. The van der Waals surface area contributed by atoms with Crippen LogP contribution in [0.2, 0.25) is 0 Å². The number of ether oxygens (including phenoxy) is 1. The van der Waals surface area contributed by atoms with Gasteiger partial charge >= 0.3 is 5.97 Å². The van der Waals surface area contributed by atoms with Crippen molar-refractivity contribution in [1.29, 1.82) is 0 Å². The standard InChI is InChI=1S/C19H20BrNO2.C15H16BrN/c1-23-19(22)12-7-13-21(14-16-8-3-2-4-9-16)15-17-10-5-6-11-18(17)20;16-15-9-5-4-8-14(15)10-11-17-12-13-6-2-1-3-7-13/h2-12H,13-15H2,1H3;1-9,17H,10-12H2. The molecule has 4 rings (SSSR count). The summed E-state index contributed by atoms with van der Waals surface area (Å²) >= 11 is 7.16. The van der Waals surface area contributed by atoms with Crippen molar-refractivity contribution in [2.45, 2.75) is 26.1 Å². The van der Waals surface area contributed by atoms with E-state index in [0.717, 1.165) is 37.1 Å². The van der Waals surface area contributed by atoms with Gasteiger partial charge in [0.1, 0.15) is 0 Å². The molecule has 0 aliphatic carbocycles. The van der Waals surface area contributed by atoms with Crippen molar-refractivity contribution in [1.82, 2.24) is 10.2 Å². The summed E-state index contributed by atoms with van der Waals surface area (Å²) in [7, 11) is 1.38. The predicted molar refractivity (Wildman–Crippen MR) is 172 cm³/mol. The van der Waals surface area contributed by atoms with E-state index in [1.807, 2.05) is 54.6 Å². The van der Waals surface area contributed by atoms with Crippen molar-refractivity contribution >= 4 is 37.8 Å². The molecular formula is C34H36Br2N2O2. The number of rotatable bonds is 12. The number of methoxy groups -OCH3 is 1. The Labute approximate surface area is 255 Å². The first-order chi connectivity index (χ1) is 19.5. The summed E-state index contributed by atoms with van der Waals surface area (Å²) in [4.78, 5) is 13.5. The van der Waals surface area contributed by atoms with E-state index in [1.165, 1.54) is 39.9 Å². The van der Waals surface area contributed by atoms with Crippen LogP contribution in [0.15, 0.2) is 130 Å². The number of nitrogens with one attached hydrogen (secondary N) is 1. The maximum Gasteiger partial charge on any atom is 0.330 e. The van der Waals surface area contributed by atoms with E-state index in [-0.39, 0.29) is 5.97 Å². The molecule has 0 spiro atoms. The van der Waals surface area contributed by atoms with Gasteiger partial charge in [0.2, 0.25) is 0 Å². The average Bonchev–Trinajstić information content (AvgIpc) is 2.98. The first-order valence-electron chi connectivity index (χ1n) is 13.3. The van der Waals surface area contributed by atoms with Crippen LogP contribution >= 0.6 is 31.9 Å². The van der Waals surface area contributed by atoms with Gasteiger partial charge in [-0.3, -0.25) is 4.90 Å². The van der Waals surface area contributed by atoms with Crippen LogP contribution in [-0.2, 0) is 35.6 Å². The zero-order valence-electron chi connectivity index (χ0n) is 22.8. The molecule has 4 aromatic rings. The van der Waals surface area contributed by atoms with Crippen molar-refractivity contribution in [3.63, 3.8) is 0 Å². The molecule has 4 aromatic carbocycles. The Morgan fingerprint density at radius 1 is 0.750 bits per heavy atom. The van der Waals surface area contributed by atoms with Crippen LogP contribution in [0, 0.1) is 0 Å². The van der Waals surface area contributed by atoms with Crippen LogP contribution in [0.3, 0.4) is 0 Å². The number of halogens is 2. The van der Waals surface area contributed by atoms with Crippen LogP contribution < -0.4 is 5.32 Å². The molecule has 0 saturated heterocycles. The number of esters is 1. The molecule has 6 heteroatoms. The topological polar surface area (TPSA) is 41.6 Å². The highest BCUT2D eigenvalue weighted by molar-refractivity contribution is 9.10. The fourth-order valence-corrected chi connectivity index (χ4v) is 4.91. The minimum Gasteiger partial charge on any atom is -0.466 e. The van der Waals surface area contributed by atoms with Crippen molar-refractivity contribution in [2.24, 2.45) is 0 Å². The van der Waals surface area contributed by atoms with Crippen molar-refractivity contribution in [2.75, 3.05) is 20.2 Å². The summed E-state index contributed by atoms with van der Waals surface area (Å²) in [6, 6.07) is 37.4. The Bertz CT molecular complexity index is 1310. The normalized spacial score (nSPS) is 10.8. The van der Waals surface area contributed by atoms with Gasteiger partial charge in [-0.25, -0.2) is 4.79 Å². The Morgan fingerprint density at radius 3 is 1.90 bits per heavy atom. The number of hydrogen-bond donors (Lipinski definition) is 1. The van der Waals surface area contributed by atoms with Gasteiger partial charge in [-0.2, -0.15) is 0 Å². The molecular weight excluding hydrogens is 628 g/mol. The molecule has 0 amide bonds. The van der Waals surface area contributed by atoms with Gasteiger partial charge in [0, 0.05) is 41.2 Å². The molecule has 0 bridgehead atoms. The minimum atomic E-state index is -0.328. The quantitative estimate of drug-likeness (QED) is 0.0949. The molecule has 0 aromatic heterocycles. The SMILES string of the molecule is Brc1ccccc1CCNCc1ccccc1.COC(=O)C=CCN(Cc1ccccc1)Cc1ccccc1Br. The fourth-order valence-electron chi connectivity index (χ4n) is 4.01. The number of hydrogen-bond acceptors (Lipinski definition) is 4. The summed E-state index contributed by atoms with van der Waals surface area (Å²) in [5.41, 5.74) is 5.15. The molecule has 0 atom stereocenters. The molecule has 0 aliphatic rings. The summed E-state index contributed by atoms with van der Waals surface area (Å²) < 4.78 is 6.92. The molecule has 0 heterocycles. The maximum absolute atomic E-state index is 11.2. The van der Waals surface area contributed by atoms with E-state index in [2.05, 4.69) is 107 Å². The van der Waals surface area contributed by atoms with Crippen LogP contribution in [0.1, 0.15) is 22.3 Å². The lowest BCUT2D eigenvalue weighted by Gasteiger charge is -2.21. The van der Waals surface area contributed by atoms with Crippen LogP contribution in [0.5, 0.6) is 0 Å². The highest BCUT2D eigenvalue weighted by atomic mass is 79.9. The van der Waals surface area contributed by atoms with Gasteiger partial charge in [0.05, 0.1) is 7.11 Å². The zero-order valence-corrected chi connectivity index (χ0v) is 26.0. The lowest BCUT2D eigenvalue weighted by atomic mass is 10.1. The van der Waals surface area contributed by atoms with Gasteiger partial charge in [0.25, 0.3) is 0 Å². The highest BCUT2D eigenvalue weighted by Gasteiger charge is 2.08. The summed E-state index contributed by atoms with van der Waals surface area (Å²) in [6.07, 6.45) is 4.36. The van der Waals surface area contributed by atoms with E-state index in [4.69, 9.17) is 0 Å². The molecule has 0 fully saturated rings. The van der Waals surface area contributed by atoms with E-state index in [1.54, 1.807) is 0 Å². The third kappa shape index (κ3) is 12.0. The third-order valence-electron chi connectivity index (χ3n) is 6.12. The molecule has 4 nitrogen and oxygen atoms in total. The first kappa shape index (κ1) is 31.5. The Morgan fingerprint density at radius 2 is 1.30 bits per heavy atom. The zero-order chi connectivity index (χ0) is 28.4. The van der Waals surface area contributed by atoms with E-state index in [0.29, 0.717) is 6.54 Å². The van der Waals surface area contributed by atoms with Crippen molar-refractivity contribution in [3.05, 3.63) is 153 Å². The second kappa shape index (κ2) is 18.3. The number of benzene rings is 4. The average molecular weight is 664 g/mol. The molecule has 208 valence electrons. The summed E-state index contributed by atoms with van der Waals surface area (Å²) in [5.74, 6) is -0.328. The highest BCUT2D eigenvalue weighted by Crippen LogP contribution is 2.19. The second-order valence-electron chi connectivity index (χ2n) is 9.18. The monoisotopic (exact) mass is 662 g/mol. The number of carbonyl (C=O) groups is 1. The maximum atomic E-state index is 11.2. The second-order valence-corrected chi connectivity index (χ2v) is 10.9. The first-order valence-corrected chi connectivity index (χ1v) is 14.9. The van der Waals surface area contributed by atoms with Crippen molar-refractivity contribution in [3.8, 4) is 0 Å². The van der Waals surface area contributed by atoms with Crippen LogP contribution in [-0.4, -0.2) is 31.1 Å². The largest absolute Gasteiger partial charge is 0.466 e. The smallest absolute Gasteiger partial charge is 0.330 e. The van der Waals surface area contributed by atoms with E-state index >= 15 is 0 Å². The lowest BCUT2D eigenvalue weighted by Crippen LogP contribution is -2.23. The van der Waals surface area contributed by atoms with Gasteiger partial charge in [-0.1, -0.05) is 135 Å². The fraction of sp³-hybridized carbons (Fsp3) is 0.206. The van der Waals surface area contributed by atoms with Crippen LogP contribution in [0.4, 0.5) is 0 Å². The van der Waals surface area contributed by atoms with Gasteiger partial charge < -0.3 is 10.1 Å². The number of nitrogens with zero attached hydrogens (tertiary/aromatic N) is 1. The molecule has 0 saturated carbocycles. The number of carbonyl (C=O) groups excluding carboxylic acids is 1. The van der Waals surface area contributed by atoms with Gasteiger partial charge in [-0.05, 0) is 47.4 Å². The molecule has 0 unspecified atom stereocenters. The van der Waals surface area contributed by atoms with Crippen molar-refractivity contribution < 1.29 is 9.53 Å². The Hall–Kier alpha value is -3.03. The summed E-state index contributed by atoms with van der Waals surface area (Å²) in [6.45, 7) is 4.21. The minimum absolute atomic E-state index is 0.328. The molecule has 0 radical (unpaired) electrons. The van der Waals surface area contributed by atoms with Gasteiger partial charge in [0.15, 0.2) is 0 Å². The molecule has 40 heavy (non-hydrogen) atoms. The Kier molecular flexibility index (Phi) is 14.4. The Balaban J connectivity index is 0.000000230. The molecule has 0 aliphatic heterocycles. The third-order valence-corrected chi connectivity index (χ3v) is 7.67. The predicted octanol–water partition coefficient (Wildman–Crippen LogP) is 7.96. The lowest BCUT2D eigenvalue weighted by molar-refractivity contribution is -0.134. The van der Waals surface area contributed by atoms with E-state index < -0.39 is 0 Å². The van der Waals surface area contributed by atoms with Crippen LogP contribution in [0.25, 0.3) is 0 Å². The molecule has 1 N–H and O–H groups in total. The van der Waals surface area contributed by atoms with E-state index in [9.17, 15) is 4.79 Å².